The summed E-state index contributed by atoms with van der Waals surface area (Å²) in [6.07, 6.45) is 1.71. The number of carbonyl (C=O) groups is 2. The van der Waals surface area contributed by atoms with Crippen molar-refractivity contribution in [3.05, 3.63) is 69.2 Å². The Kier molecular flexibility index (Phi) is 4.61. The summed E-state index contributed by atoms with van der Waals surface area (Å²) in [5.74, 6) is -1.51. The number of hydrogen-bond donors (Lipinski definition) is 1. The quantitative estimate of drug-likeness (QED) is 0.804. The number of carboxylic acids is 1. The van der Waals surface area contributed by atoms with Crippen LogP contribution in [-0.4, -0.2) is 22.7 Å². The lowest BCUT2D eigenvalue weighted by molar-refractivity contribution is -0.114. The molecule has 2 aromatic carbocycles. The summed E-state index contributed by atoms with van der Waals surface area (Å²) in [6.45, 7) is 1.72. The van der Waals surface area contributed by atoms with Gasteiger partial charge in [0.1, 0.15) is 0 Å². The van der Waals surface area contributed by atoms with Crippen LogP contribution >= 0.6 is 23.2 Å². The van der Waals surface area contributed by atoms with Crippen LogP contribution in [0, 0.1) is 0 Å². The number of benzene rings is 2. The van der Waals surface area contributed by atoms with Crippen LogP contribution in [0.5, 0.6) is 0 Å². The van der Waals surface area contributed by atoms with E-state index in [-0.39, 0.29) is 16.5 Å². The van der Waals surface area contributed by atoms with E-state index in [4.69, 9.17) is 23.2 Å². The third kappa shape index (κ3) is 3.43. The highest BCUT2D eigenvalue weighted by molar-refractivity contribution is 6.34. The zero-order valence-corrected chi connectivity index (χ0v) is 14.5. The summed E-state index contributed by atoms with van der Waals surface area (Å²) >= 11 is 11.7. The fourth-order valence-corrected chi connectivity index (χ4v) is 2.72. The van der Waals surface area contributed by atoms with Crippen LogP contribution in [0.25, 0.3) is 6.08 Å². The van der Waals surface area contributed by atoms with Gasteiger partial charge in [0.25, 0.3) is 5.91 Å². The molecule has 7 heteroatoms. The van der Waals surface area contributed by atoms with Crippen molar-refractivity contribution in [1.29, 1.82) is 0 Å². The number of nitrogens with zero attached hydrogens (tertiary/aromatic N) is 2. The number of hydrazone groups is 1. The van der Waals surface area contributed by atoms with Crippen molar-refractivity contribution in [3.63, 3.8) is 0 Å². The van der Waals surface area contributed by atoms with E-state index in [0.717, 1.165) is 5.56 Å². The van der Waals surface area contributed by atoms with E-state index >= 15 is 0 Å². The van der Waals surface area contributed by atoms with Crippen molar-refractivity contribution in [2.24, 2.45) is 5.10 Å². The molecule has 1 N–H and O–H groups in total. The van der Waals surface area contributed by atoms with Gasteiger partial charge < -0.3 is 5.11 Å². The average Bonchev–Trinajstić information content (AvgIpc) is 2.85. The average molecular weight is 375 g/mol. The Morgan fingerprint density at radius 1 is 1.16 bits per heavy atom. The molecule has 0 saturated heterocycles. The number of anilines is 1. The van der Waals surface area contributed by atoms with Gasteiger partial charge in [-0.3, -0.25) is 4.79 Å². The molecule has 0 unspecified atom stereocenters. The van der Waals surface area contributed by atoms with Gasteiger partial charge in [-0.05, 0) is 48.9 Å². The summed E-state index contributed by atoms with van der Waals surface area (Å²) in [7, 11) is 0. The highest BCUT2D eigenvalue weighted by atomic mass is 35.5. The van der Waals surface area contributed by atoms with Crippen molar-refractivity contribution < 1.29 is 14.7 Å². The molecule has 1 amide bonds. The summed E-state index contributed by atoms with van der Waals surface area (Å²) in [6, 6.07) is 11.4. The monoisotopic (exact) mass is 374 g/mol. The molecule has 0 atom stereocenters. The maximum absolute atomic E-state index is 12.7. The molecule has 0 spiro atoms. The lowest BCUT2D eigenvalue weighted by Crippen LogP contribution is -2.21. The lowest BCUT2D eigenvalue weighted by Gasteiger charge is -2.13. The Bertz CT molecular complexity index is 934. The van der Waals surface area contributed by atoms with Crippen LogP contribution in [0.3, 0.4) is 0 Å². The second-order valence-corrected chi connectivity index (χ2v) is 6.22. The van der Waals surface area contributed by atoms with Gasteiger partial charge in [0.2, 0.25) is 0 Å². The minimum Gasteiger partial charge on any atom is -0.478 e. The Balaban J connectivity index is 1.96. The fraction of sp³-hybridized carbons (Fsp3) is 0.0556. The zero-order chi connectivity index (χ0) is 18.1. The first kappa shape index (κ1) is 17.2. The summed E-state index contributed by atoms with van der Waals surface area (Å²) in [5, 5.41) is 15.3. The van der Waals surface area contributed by atoms with E-state index in [1.807, 2.05) is 0 Å². The summed E-state index contributed by atoms with van der Waals surface area (Å²) < 4.78 is 0. The minimum absolute atomic E-state index is 0.0880. The van der Waals surface area contributed by atoms with Gasteiger partial charge in [-0.25, -0.2) is 4.79 Å². The van der Waals surface area contributed by atoms with Crippen molar-refractivity contribution in [2.45, 2.75) is 6.92 Å². The van der Waals surface area contributed by atoms with Gasteiger partial charge >= 0.3 is 5.97 Å². The van der Waals surface area contributed by atoms with Crippen LogP contribution in [0.4, 0.5) is 5.69 Å². The summed E-state index contributed by atoms with van der Waals surface area (Å²) in [4.78, 5) is 23.9. The Morgan fingerprint density at radius 3 is 2.48 bits per heavy atom. The summed E-state index contributed by atoms with van der Waals surface area (Å²) in [5.41, 5.74) is 2.02. The number of aromatic carboxylic acids is 1. The Hall–Kier alpha value is -2.63. The molecule has 1 heterocycles. The molecular formula is C18H12Cl2N2O3. The first-order valence-corrected chi connectivity index (χ1v) is 8.02. The number of carboxylic acid groups (broad SMARTS) is 1. The van der Waals surface area contributed by atoms with Gasteiger partial charge in [-0.1, -0.05) is 35.3 Å². The lowest BCUT2D eigenvalue weighted by atomic mass is 10.1. The zero-order valence-electron chi connectivity index (χ0n) is 13.0. The molecule has 2 aromatic rings. The van der Waals surface area contributed by atoms with Crippen LogP contribution in [0.1, 0.15) is 22.8 Å². The first-order valence-electron chi connectivity index (χ1n) is 7.27. The SMILES string of the molecule is CC1=NN(c2ccc(Cl)c(C(=O)O)c2)C(=O)C1=Cc1ccc(Cl)cc1. The third-order valence-electron chi connectivity index (χ3n) is 3.67. The normalized spacial score (nSPS) is 15.6. The van der Waals surface area contributed by atoms with Crippen LogP contribution in [0.15, 0.2) is 53.1 Å². The van der Waals surface area contributed by atoms with E-state index in [1.54, 1.807) is 43.3 Å². The van der Waals surface area contributed by atoms with Crippen LogP contribution in [-0.2, 0) is 4.79 Å². The molecule has 0 aromatic heterocycles. The Morgan fingerprint density at radius 2 is 1.84 bits per heavy atom. The molecule has 25 heavy (non-hydrogen) atoms. The van der Waals surface area contributed by atoms with Crippen LogP contribution in [0.2, 0.25) is 10.0 Å². The molecule has 5 nitrogen and oxygen atoms in total. The second-order valence-electron chi connectivity index (χ2n) is 5.38. The molecule has 0 bridgehead atoms. The minimum atomic E-state index is -1.17. The molecule has 0 saturated carbocycles. The number of amides is 1. The number of hydrogen-bond acceptors (Lipinski definition) is 3. The maximum Gasteiger partial charge on any atom is 0.337 e. The predicted octanol–water partition coefficient (Wildman–Crippen LogP) is 4.50. The molecular weight excluding hydrogens is 363 g/mol. The third-order valence-corrected chi connectivity index (χ3v) is 4.25. The number of halogens is 2. The van der Waals surface area contributed by atoms with Crippen molar-refractivity contribution >= 4 is 52.6 Å². The van der Waals surface area contributed by atoms with Gasteiger partial charge in [0.05, 0.1) is 27.6 Å². The topological polar surface area (TPSA) is 70.0 Å². The van der Waals surface area contributed by atoms with Crippen LogP contribution < -0.4 is 5.01 Å². The molecule has 126 valence electrons. The number of carbonyl (C=O) groups excluding carboxylic acids is 1. The molecule has 1 aliphatic rings. The molecule has 3 rings (SSSR count). The van der Waals surface area contributed by atoms with E-state index < -0.39 is 5.97 Å². The maximum atomic E-state index is 12.7. The first-order chi connectivity index (χ1) is 11.9. The highest BCUT2D eigenvalue weighted by Gasteiger charge is 2.29. The molecule has 0 radical (unpaired) electrons. The highest BCUT2D eigenvalue weighted by Crippen LogP contribution is 2.28. The predicted molar refractivity (Wildman–Crippen MR) is 98.4 cm³/mol. The van der Waals surface area contributed by atoms with Gasteiger partial charge in [-0.15, -0.1) is 0 Å². The Labute approximate surface area is 153 Å². The van der Waals surface area contributed by atoms with Gasteiger partial charge in [0, 0.05) is 5.02 Å². The van der Waals surface area contributed by atoms with E-state index in [9.17, 15) is 14.7 Å². The number of rotatable bonds is 3. The molecule has 0 aliphatic carbocycles. The van der Waals surface area contributed by atoms with Crippen molar-refractivity contribution in [1.82, 2.24) is 0 Å². The molecule has 0 fully saturated rings. The standard InChI is InChI=1S/C18H12Cl2N2O3/c1-10-14(8-11-2-4-12(19)5-3-11)17(23)22(21-10)13-6-7-16(20)15(9-13)18(24)25/h2-9H,1H3,(H,24,25). The van der Waals surface area contributed by atoms with E-state index in [1.165, 1.54) is 17.1 Å². The largest absolute Gasteiger partial charge is 0.478 e. The second kappa shape index (κ2) is 6.70. The van der Waals surface area contributed by atoms with E-state index in [0.29, 0.717) is 22.0 Å². The van der Waals surface area contributed by atoms with Crippen molar-refractivity contribution in [3.8, 4) is 0 Å². The fourth-order valence-electron chi connectivity index (χ4n) is 2.39. The van der Waals surface area contributed by atoms with Gasteiger partial charge in [0.15, 0.2) is 0 Å². The molecule has 1 aliphatic heterocycles. The van der Waals surface area contributed by atoms with Gasteiger partial charge in [-0.2, -0.15) is 10.1 Å². The van der Waals surface area contributed by atoms with Crippen molar-refractivity contribution in [2.75, 3.05) is 5.01 Å². The van der Waals surface area contributed by atoms with E-state index in [2.05, 4.69) is 5.10 Å². The smallest absolute Gasteiger partial charge is 0.337 e.